The van der Waals surface area contributed by atoms with Crippen LogP contribution in [0.4, 0.5) is 5.69 Å². The zero-order valence-corrected chi connectivity index (χ0v) is 16.0. The highest BCUT2D eigenvalue weighted by atomic mass is 35.5. The zero-order chi connectivity index (χ0) is 20.7. The summed E-state index contributed by atoms with van der Waals surface area (Å²) in [5.41, 5.74) is 3.18. The summed E-state index contributed by atoms with van der Waals surface area (Å²) in [7, 11) is 0. The molecule has 0 radical (unpaired) electrons. The van der Waals surface area contributed by atoms with Crippen molar-refractivity contribution < 1.29 is 14.5 Å². The number of nitro groups is 1. The Bertz CT molecular complexity index is 897. The van der Waals surface area contributed by atoms with Crippen LogP contribution in [0.5, 0.6) is 0 Å². The Hall–Kier alpha value is -3.26. The first-order valence-electron chi connectivity index (χ1n) is 8.42. The second-order valence-electron chi connectivity index (χ2n) is 6.26. The maximum atomic E-state index is 12.4. The molecule has 9 heteroatoms. The van der Waals surface area contributed by atoms with Crippen molar-refractivity contribution in [2.45, 2.75) is 19.9 Å². The molecule has 28 heavy (non-hydrogen) atoms. The van der Waals surface area contributed by atoms with E-state index in [0.717, 1.165) is 0 Å². The number of nitrogens with one attached hydrogen (secondary N) is 2. The summed E-state index contributed by atoms with van der Waals surface area (Å²) < 4.78 is 0. The van der Waals surface area contributed by atoms with Crippen molar-refractivity contribution in [1.29, 1.82) is 0 Å². The van der Waals surface area contributed by atoms with Crippen molar-refractivity contribution in [2.24, 2.45) is 11.0 Å². The molecule has 8 nitrogen and oxygen atoms in total. The third-order valence-electron chi connectivity index (χ3n) is 3.85. The van der Waals surface area contributed by atoms with E-state index < -0.39 is 22.8 Å². The summed E-state index contributed by atoms with van der Waals surface area (Å²) in [6.07, 6.45) is 1.36. The number of nitro benzene ring substituents is 1. The molecule has 2 N–H and O–H groups in total. The van der Waals surface area contributed by atoms with Gasteiger partial charge in [0.25, 0.3) is 17.5 Å². The summed E-state index contributed by atoms with van der Waals surface area (Å²) in [5.74, 6) is -1.15. The first-order valence-corrected chi connectivity index (χ1v) is 8.80. The molecule has 0 aromatic heterocycles. The van der Waals surface area contributed by atoms with Gasteiger partial charge in [0.15, 0.2) is 0 Å². The zero-order valence-electron chi connectivity index (χ0n) is 15.3. The molecule has 1 unspecified atom stereocenters. The third kappa shape index (κ3) is 5.62. The smallest absolute Gasteiger partial charge is 0.269 e. The van der Waals surface area contributed by atoms with E-state index in [4.69, 9.17) is 11.6 Å². The maximum Gasteiger partial charge on any atom is 0.269 e. The highest BCUT2D eigenvalue weighted by molar-refractivity contribution is 6.33. The molecule has 0 aliphatic carbocycles. The van der Waals surface area contributed by atoms with Crippen molar-refractivity contribution in [3.05, 3.63) is 74.8 Å². The van der Waals surface area contributed by atoms with E-state index in [1.165, 1.54) is 30.5 Å². The minimum atomic E-state index is -0.821. The molecule has 0 spiro atoms. The Morgan fingerprint density at radius 2 is 1.79 bits per heavy atom. The molecule has 2 rings (SSSR count). The molecule has 0 aliphatic rings. The third-order valence-corrected chi connectivity index (χ3v) is 4.18. The molecule has 2 amide bonds. The Morgan fingerprint density at radius 3 is 2.36 bits per heavy atom. The molecule has 0 fully saturated rings. The lowest BCUT2D eigenvalue weighted by Gasteiger charge is -2.20. The molecule has 0 heterocycles. The normalized spacial score (nSPS) is 12.0. The van der Waals surface area contributed by atoms with Crippen LogP contribution in [0.3, 0.4) is 0 Å². The number of carbonyl (C=O) groups is 2. The molecule has 0 saturated carbocycles. The van der Waals surface area contributed by atoms with E-state index in [-0.39, 0.29) is 17.2 Å². The minimum absolute atomic E-state index is 0.0386. The number of hydrogen-bond acceptors (Lipinski definition) is 5. The predicted molar refractivity (Wildman–Crippen MR) is 106 cm³/mol. The van der Waals surface area contributed by atoms with Crippen LogP contribution in [0, 0.1) is 16.0 Å². The van der Waals surface area contributed by atoms with E-state index in [9.17, 15) is 19.7 Å². The summed E-state index contributed by atoms with van der Waals surface area (Å²) in [5, 5.41) is 17.4. The van der Waals surface area contributed by atoms with Gasteiger partial charge in [-0.2, -0.15) is 5.10 Å². The second-order valence-corrected chi connectivity index (χ2v) is 6.67. The van der Waals surface area contributed by atoms with E-state index in [1.807, 2.05) is 0 Å². The van der Waals surface area contributed by atoms with Gasteiger partial charge < -0.3 is 5.32 Å². The summed E-state index contributed by atoms with van der Waals surface area (Å²) in [6.45, 7) is 3.58. The molecular weight excluding hydrogens is 384 g/mol. The van der Waals surface area contributed by atoms with E-state index in [2.05, 4.69) is 15.8 Å². The van der Waals surface area contributed by atoms with Crippen molar-refractivity contribution >= 4 is 35.3 Å². The van der Waals surface area contributed by atoms with Gasteiger partial charge in [-0.05, 0) is 35.7 Å². The fourth-order valence-corrected chi connectivity index (χ4v) is 2.54. The monoisotopic (exact) mass is 402 g/mol. The number of non-ortho nitro benzene ring substituents is 1. The average Bonchev–Trinajstić information content (AvgIpc) is 2.66. The van der Waals surface area contributed by atoms with Gasteiger partial charge in [-0.1, -0.05) is 37.6 Å². The number of carbonyl (C=O) groups excluding carboxylic acids is 2. The standard InChI is InChI=1S/C19H19ClN4O4/c1-12(2)17(22-18(25)15-5-3-4-6-16(15)20)19(26)23-21-11-13-7-9-14(10-8-13)24(27)28/h3-12,17H,1-2H3,(H,22,25)(H,23,26). The van der Waals surface area contributed by atoms with Crippen LogP contribution in [0.1, 0.15) is 29.8 Å². The first-order chi connectivity index (χ1) is 13.3. The maximum absolute atomic E-state index is 12.4. The van der Waals surface area contributed by atoms with Crippen LogP contribution >= 0.6 is 11.6 Å². The number of benzene rings is 2. The number of hydrazone groups is 1. The van der Waals surface area contributed by atoms with Gasteiger partial charge in [-0.25, -0.2) is 5.43 Å². The van der Waals surface area contributed by atoms with Crippen molar-refractivity contribution in [3.63, 3.8) is 0 Å². The van der Waals surface area contributed by atoms with Gasteiger partial charge in [0.1, 0.15) is 6.04 Å². The molecule has 2 aromatic carbocycles. The van der Waals surface area contributed by atoms with Gasteiger partial charge >= 0.3 is 0 Å². The Kier molecular flexibility index (Phi) is 7.22. The minimum Gasteiger partial charge on any atom is -0.340 e. The Labute approximate surface area is 166 Å². The highest BCUT2D eigenvalue weighted by Crippen LogP contribution is 2.15. The lowest BCUT2D eigenvalue weighted by molar-refractivity contribution is -0.384. The van der Waals surface area contributed by atoms with Crippen molar-refractivity contribution in [3.8, 4) is 0 Å². The molecule has 146 valence electrons. The summed E-state index contributed by atoms with van der Waals surface area (Å²) in [6, 6.07) is 11.4. The van der Waals surface area contributed by atoms with Crippen LogP contribution in [-0.2, 0) is 4.79 Å². The van der Waals surface area contributed by atoms with Crippen LogP contribution in [0.25, 0.3) is 0 Å². The highest BCUT2D eigenvalue weighted by Gasteiger charge is 2.25. The van der Waals surface area contributed by atoms with Crippen molar-refractivity contribution in [2.75, 3.05) is 0 Å². The van der Waals surface area contributed by atoms with E-state index >= 15 is 0 Å². The van der Waals surface area contributed by atoms with Gasteiger partial charge in [0.05, 0.1) is 21.7 Å². The lowest BCUT2D eigenvalue weighted by atomic mass is 10.0. The molecule has 0 bridgehead atoms. The molecule has 1 atom stereocenters. The average molecular weight is 403 g/mol. The quantitative estimate of drug-likeness (QED) is 0.420. The molecular formula is C19H19ClN4O4. The van der Waals surface area contributed by atoms with E-state index in [0.29, 0.717) is 10.6 Å². The number of amides is 2. The van der Waals surface area contributed by atoms with Crippen LogP contribution in [-0.4, -0.2) is 29.0 Å². The molecule has 2 aromatic rings. The van der Waals surface area contributed by atoms with Gasteiger partial charge in [-0.15, -0.1) is 0 Å². The first kappa shape index (κ1) is 21.0. The SMILES string of the molecule is CC(C)C(NC(=O)c1ccccc1Cl)C(=O)NN=Cc1ccc([N+](=O)[O-])cc1. The van der Waals surface area contributed by atoms with Crippen LogP contribution in [0.2, 0.25) is 5.02 Å². The lowest BCUT2D eigenvalue weighted by Crippen LogP contribution is -2.48. The molecule has 0 aliphatic heterocycles. The Balaban J connectivity index is 2.01. The number of halogens is 1. The number of nitrogens with zero attached hydrogens (tertiary/aromatic N) is 2. The number of rotatable bonds is 7. The fraction of sp³-hybridized carbons (Fsp3) is 0.211. The second kappa shape index (κ2) is 9.61. The molecule has 0 saturated heterocycles. The topological polar surface area (TPSA) is 114 Å². The van der Waals surface area contributed by atoms with Gasteiger partial charge in [-0.3, -0.25) is 19.7 Å². The van der Waals surface area contributed by atoms with Crippen molar-refractivity contribution in [1.82, 2.24) is 10.7 Å². The number of hydrogen-bond donors (Lipinski definition) is 2. The van der Waals surface area contributed by atoms with Crippen LogP contribution in [0.15, 0.2) is 53.6 Å². The predicted octanol–water partition coefficient (Wildman–Crippen LogP) is 3.15. The van der Waals surface area contributed by atoms with Gasteiger partial charge in [0.2, 0.25) is 0 Å². The van der Waals surface area contributed by atoms with E-state index in [1.54, 1.807) is 38.1 Å². The van der Waals surface area contributed by atoms with Crippen LogP contribution < -0.4 is 10.7 Å². The largest absolute Gasteiger partial charge is 0.340 e. The summed E-state index contributed by atoms with van der Waals surface area (Å²) in [4.78, 5) is 34.9. The summed E-state index contributed by atoms with van der Waals surface area (Å²) >= 11 is 6.02. The van der Waals surface area contributed by atoms with Gasteiger partial charge in [0, 0.05) is 12.1 Å². The Morgan fingerprint density at radius 1 is 1.14 bits per heavy atom. The fourth-order valence-electron chi connectivity index (χ4n) is 2.32.